The number of carbonyl (C=O) groups is 2. The summed E-state index contributed by atoms with van der Waals surface area (Å²) in [7, 11) is 2.82. The summed E-state index contributed by atoms with van der Waals surface area (Å²) >= 11 is 0. The van der Waals surface area contributed by atoms with Crippen LogP contribution in [0.1, 0.15) is 34.6 Å². The SMILES string of the molecule is C=CCOc1cc(-c2oc3cc(C(=O)OCC)cc(C(=O)OCC)c3c(=O)c2OC)ccc1OC. The van der Waals surface area contributed by atoms with Gasteiger partial charge in [-0.15, -0.1) is 0 Å². The van der Waals surface area contributed by atoms with Gasteiger partial charge in [0.2, 0.25) is 11.2 Å². The van der Waals surface area contributed by atoms with Gasteiger partial charge in [-0.3, -0.25) is 4.79 Å². The first kappa shape index (κ1) is 25.4. The molecule has 0 spiro atoms. The predicted molar refractivity (Wildman–Crippen MR) is 129 cm³/mol. The van der Waals surface area contributed by atoms with E-state index in [9.17, 15) is 14.4 Å². The number of hydrogen-bond donors (Lipinski definition) is 0. The van der Waals surface area contributed by atoms with Gasteiger partial charge in [-0.05, 0) is 44.2 Å². The molecule has 1 aromatic heterocycles. The highest BCUT2D eigenvalue weighted by molar-refractivity contribution is 6.07. The first-order chi connectivity index (χ1) is 16.9. The highest BCUT2D eigenvalue weighted by Gasteiger charge is 2.25. The van der Waals surface area contributed by atoms with Crippen LogP contribution in [0, 0.1) is 0 Å². The Morgan fingerprint density at radius 2 is 1.69 bits per heavy atom. The number of fused-ring (bicyclic) bond motifs is 1. The lowest BCUT2D eigenvalue weighted by Crippen LogP contribution is -2.16. The van der Waals surface area contributed by atoms with Crippen LogP contribution < -0.4 is 19.6 Å². The fraction of sp³-hybridized carbons (Fsp3) is 0.269. The lowest BCUT2D eigenvalue weighted by Gasteiger charge is -2.14. The second-order valence-electron chi connectivity index (χ2n) is 7.10. The van der Waals surface area contributed by atoms with Crippen molar-refractivity contribution in [2.45, 2.75) is 13.8 Å². The van der Waals surface area contributed by atoms with Gasteiger partial charge in [0.1, 0.15) is 12.2 Å². The van der Waals surface area contributed by atoms with Gasteiger partial charge in [-0.25, -0.2) is 9.59 Å². The number of ether oxygens (including phenoxy) is 5. The van der Waals surface area contributed by atoms with E-state index < -0.39 is 17.4 Å². The van der Waals surface area contributed by atoms with Gasteiger partial charge < -0.3 is 28.1 Å². The summed E-state index contributed by atoms with van der Waals surface area (Å²) < 4.78 is 32.6. The molecule has 0 N–H and O–H groups in total. The van der Waals surface area contributed by atoms with E-state index in [0.717, 1.165) is 0 Å². The molecule has 0 unspecified atom stereocenters. The van der Waals surface area contributed by atoms with Crippen LogP contribution in [-0.4, -0.2) is 46.0 Å². The van der Waals surface area contributed by atoms with Crippen molar-refractivity contribution in [3.05, 3.63) is 64.3 Å². The molecule has 2 aromatic carbocycles. The quantitative estimate of drug-likeness (QED) is 0.307. The van der Waals surface area contributed by atoms with Crippen molar-refractivity contribution >= 4 is 22.9 Å². The molecular formula is C26H26O9. The molecule has 0 bridgehead atoms. The van der Waals surface area contributed by atoms with Crippen molar-refractivity contribution in [2.24, 2.45) is 0 Å². The minimum atomic E-state index is -0.782. The van der Waals surface area contributed by atoms with Crippen LogP contribution >= 0.6 is 0 Å². The molecule has 0 atom stereocenters. The van der Waals surface area contributed by atoms with Crippen molar-refractivity contribution in [2.75, 3.05) is 34.0 Å². The zero-order chi connectivity index (χ0) is 25.5. The molecule has 0 saturated heterocycles. The van der Waals surface area contributed by atoms with Gasteiger partial charge in [0.15, 0.2) is 17.3 Å². The molecular weight excluding hydrogens is 456 g/mol. The molecule has 3 aromatic rings. The van der Waals surface area contributed by atoms with E-state index in [-0.39, 0.29) is 53.4 Å². The van der Waals surface area contributed by atoms with Gasteiger partial charge in [-0.2, -0.15) is 0 Å². The Bertz CT molecular complexity index is 1320. The molecule has 0 amide bonds. The van der Waals surface area contributed by atoms with E-state index in [1.165, 1.54) is 26.4 Å². The lowest BCUT2D eigenvalue weighted by atomic mass is 10.0. The summed E-state index contributed by atoms with van der Waals surface area (Å²) in [5.41, 5.74) is -0.266. The average molecular weight is 482 g/mol. The molecule has 3 rings (SSSR count). The third-order valence-electron chi connectivity index (χ3n) is 4.95. The fourth-order valence-electron chi connectivity index (χ4n) is 3.46. The molecule has 35 heavy (non-hydrogen) atoms. The van der Waals surface area contributed by atoms with E-state index in [2.05, 4.69) is 6.58 Å². The van der Waals surface area contributed by atoms with Gasteiger partial charge in [0.05, 0.1) is 43.9 Å². The van der Waals surface area contributed by atoms with Crippen LogP contribution in [0.4, 0.5) is 0 Å². The first-order valence-corrected chi connectivity index (χ1v) is 10.8. The molecule has 0 aliphatic carbocycles. The number of esters is 2. The maximum Gasteiger partial charge on any atom is 0.339 e. The van der Waals surface area contributed by atoms with E-state index in [1.807, 2.05) is 0 Å². The summed E-state index contributed by atoms with van der Waals surface area (Å²) in [5.74, 6) is -0.660. The Hall–Kier alpha value is -4.27. The van der Waals surface area contributed by atoms with Crippen LogP contribution in [-0.2, 0) is 9.47 Å². The monoisotopic (exact) mass is 482 g/mol. The van der Waals surface area contributed by atoms with Gasteiger partial charge in [-0.1, -0.05) is 12.7 Å². The fourth-order valence-corrected chi connectivity index (χ4v) is 3.46. The second kappa shape index (κ2) is 11.2. The highest BCUT2D eigenvalue weighted by atomic mass is 16.5. The summed E-state index contributed by atoms with van der Waals surface area (Å²) in [6, 6.07) is 7.53. The Labute approximate surface area is 201 Å². The van der Waals surface area contributed by atoms with Crippen LogP contribution in [0.15, 0.2) is 52.2 Å². The number of hydrogen-bond acceptors (Lipinski definition) is 9. The van der Waals surface area contributed by atoms with Crippen LogP contribution in [0.2, 0.25) is 0 Å². The predicted octanol–water partition coefficient (Wildman–Crippen LogP) is 4.40. The van der Waals surface area contributed by atoms with Crippen molar-refractivity contribution in [1.82, 2.24) is 0 Å². The molecule has 0 radical (unpaired) electrons. The number of benzene rings is 2. The maximum atomic E-state index is 13.5. The highest BCUT2D eigenvalue weighted by Crippen LogP contribution is 2.37. The van der Waals surface area contributed by atoms with E-state index in [1.54, 1.807) is 38.1 Å². The van der Waals surface area contributed by atoms with Crippen molar-refractivity contribution < 1.29 is 37.7 Å². The smallest absolute Gasteiger partial charge is 0.339 e. The maximum absolute atomic E-state index is 13.5. The van der Waals surface area contributed by atoms with Gasteiger partial charge >= 0.3 is 11.9 Å². The van der Waals surface area contributed by atoms with Crippen molar-refractivity contribution in [3.8, 4) is 28.6 Å². The molecule has 0 aliphatic heterocycles. The topological polar surface area (TPSA) is 111 Å². The third kappa shape index (κ3) is 5.13. The summed E-state index contributed by atoms with van der Waals surface area (Å²) in [6.45, 7) is 7.35. The number of methoxy groups -OCH3 is 2. The molecule has 184 valence electrons. The molecule has 0 aliphatic rings. The Morgan fingerprint density at radius 3 is 2.31 bits per heavy atom. The molecule has 0 saturated carbocycles. The second-order valence-corrected chi connectivity index (χ2v) is 7.10. The Balaban J connectivity index is 2.34. The van der Waals surface area contributed by atoms with Gasteiger partial charge in [0, 0.05) is 5.56 Å². The van der Waals surface area contributed by atoms with E-state index >= 15 is 0 Å². The average Bonchev–Trinajstić information content (AvgIpc) is 2.86. The molecule has 9 nitrogen and oxygen atoms in total. The van der Waals surface area contributed by atoms with E-state index in [4.69, 9.17) is 28.1 Å². The largest absolute Gasteiger partial charge is 0.493 e. The lowest BCUT2D eigenvalue weighted by molar-refractivity contribution is 0.0526. The summed E-state index contributed by atoms with van der Waals surface area (Å²) in [4.78, 5) is 38.6. The first-order valence-electron chi connectivity index (χ1n) is 10.8. The van der Waals surface area contributed by atoms with E-state index in [0.29, 0.717) is 17.1 Å². The normalized spacial score (nSPS) is 10.5. The third-order valence-corrected chi connectivity index (χ3v) is 4.95. The minimum Gasteiger partial charge on any atom is -0.493 e. The minimum absolute atomic E-state index is 0.0104. The molecule has 9 heteroatoms. The summed E-state index contributed by atoms with van der Waals surface area (Å²) in [5, 5.41) is -0.0752. The summed E-state index contributed by atoms with van der Waals surface area (Å²) in [6.07, 6.45) is 1.58. The number of rotatable bonds is 10. The van der Waals surface area contributed by atoms with Crippen molar-refractivity contribution in [3.63, 3.8) is 0 Å². The molecule has 1 heterocycles. The van der Waals surface area contributed by atoms with Crippen molar-refractivity contribution in [1.29, 1.82) is 0 Å². The van der Waals surface area contributed by atoms with Crippen LogP contribution in [0.25, 0.3) is 22.3 Å². The number of carbonyl (C=O) groups excluding carboxylic acids is 2. The Morgan fingerprint density at radius 1 is 0.971 bits per heavy atom. The standard InChI is InChI=1S/C26H26O9/c1-6-11-34-19-13-15(9-10-18(19)30-4)23-24(31-5)22(27)21-17(26(29)33-8-3)12-16(14-20(21)35-23)25(28)32-7-2/h6,9-10,12-14H,1,7-8,11H2,2-5H3. The molecule has 0 fully saturated rings. The zero-order valence-electron chi connectivity index (χ0n) is 20.0. The Kier molecular flexibility index (Phi) is 8.14. The van der Waals surface area contributed by atoms with Gasteiger partial charge in [0.25, 0.3) is 0 Å². The van der Waals surface area contributed by atoms with Crippen LogP contribution in [0.3, 0.4) is 0 Å². The zero-order valence-corrected chi connectivity index (χ0v) is 20.0. The van der Waals surface area contributed by atoms with Crippen LogP contribution in [0.5, 0.6) is 17.2 Å².